The summed E-state index contributed by atoms with van der Waals surface area (Å²) in [6, 6.07) is 1.77. The molecule has 0 radical (unpaired) electrons. The van der Waals surface area contributed by atoms with Crippen molar-refractivity contribution in [1.82, 2.24) is 14.3 Å². The number of nitrogens with zero attached hydrogens (tertiary/aromatic N) is 4. The van der Waals surface area contributed by atoms with Crippen molar-refractivity contribution in [3.8, 4) is 5.88 Å². The molecule has 106 valence electrons. The third kappa shape index (κ3) is 3.32. The van der Waals surface area contributed by atoms with E-state index in [1.807, 2.05) is 4.90 Å². The Balaban J connectivity index is 2.11. The number of aromatic nitrogens is 2. The second-order valence-electron chi connectivity index (χ2n) is 4.46. The van der Waals surface area contributed by atoms with Gasteiger partial charge in [-0.2, -0.15) is 9.29 Å². The van der Waals surface area contributed by atoms with Crippen LogP contribution in [0.25, 0.3) is 0 Å². The number of anilines is 1. The van der Waals surface area contributed by atoms with Crippen LogP contribution in [0.5, 0.6) is 5.88 Å². The van der Waals surface area contributed by atoms with Crippen molar-refractivity contribution in [2.24, 2.45) is 0 Å². The molecule has 1 aliphatic rings. The number of hydrogen-bond acceptors (Lipinski definition) is 6. The third-order valence-corrected chi connectivity index (χ3v) is 4.34. The summed E-state index contributed by atoms with van der Waals surface area (Å²) in [5.74, 6) is 1.94. The van der Waals surface area contributed by atoms with Crippen LogP contribution in [0.3, 0.4) is 0 Å². The Labute approximate surface area is 113 Å². The smallest absolute Gasteiger partial charge is 0.218 e. The molecule has 0 aromatic carbocycles. The summed E-state index contributed by atoms with van der Waals surface area (Å²) in [5.41, 5.74) is 0. The van der Waals surface area contributed by atoms with Crippen LogP contribution in [0.4, 0.5) is 5.82 Å². The molecule has 1 saturated heterocycles. The van der Waals surface area contributed by atoms with E-state index >= 15 is 0 Å². The van der Waals surface area contributed by atoms with Crippen LogP contribution in [0, 0.1) is 6.92 Å². The van der Waals surface area contributed by atoms with Crippen molar-refractivity contribution in [1.29, 1.82) is 0 Å². The molecule has 0 bridgehead atoms. The molecule has 19 heavy (non-hydrogen) atoms. The normalized spacial score (nSPS) is 17.5. The molecule has 0 saturated carbocycles. The van der Waals surface area contributed by atoms with E-state index in [4.69, 9.17) is 4.74 Å². The third-order valence-electron chi connectivity index (χ3n) is 3.04. The van der Waals surface area contributed by atoms with Crippen LogP contribution >= 0.6 is 0 Å². The fourth-order valence-corrected chi connectivity index (χ4v) is 2.87. The number of rotatable bonds is 3. The first kappa shape index (κ1) is 14.0. The van der Waals surface area contributed by atoms with Crippen LogP contribution in [-0.2, 0) is 10.0 Å². The number of hydrogen-bond donors (Lipinski definition) is 0. The van der Waals surface area contributed by atoms with E-state index in [9.17, 15) is 8.42 Å². The van der Waals surface area contributed by atoms with Gasteiger partial charge in [0.2, 0.25) is 15.9 Å². The van der Waals surface area contributed by atoms with E-state index in [0.29, 0.717) is 37.9 Å². The van der Waals surface area contributed by atoms with Crippen LogP contribution in [-0.4, -0.2) is 62.2 Å². The molecule has 0 aliphatic carbocycles. The number of sulfonamides is 1. The molecule has 8 heteroatoms. The summed E-state index contributed by atoms with van der Waals surface area (Å²) in [4.78, 5) is 10.5. The minimum Gasteiger partial charge on any atom is -0.481 e. The van der Waals surface area contributed by atoms with Gasteiger partial charge in [-0.15, -0.1) is 0 Å². The molecule has 2 rings (SSSR count). The maximum absolute atomic E-state index is 11.4. The summed E-state index contributed by atoms with van der Waals surface area (Å²) in [6.45, 7) is 3.99. The lowest BCUT2D eigenvalue weighted by Gasteiger charge is -2.34. The quantitative estimate of drug-likeness (QED) is 0.771. The second kappa shape index (κ2) is 5.30. The molecule has 2 heterocycles. The maximum atomic E-state index is 11.4. The van der Waals surface area contributed by atoms with E-state index in [0.717, 1.165) is 5.82 Å². The van der Waals surface area contributed by atoms with Gasteiger partial charge in [0.05, 0.1) is 13.4 Å². The zero-order chi connectivity index (χ0) is 14.0. The largest absolute Gasteiger partial charge is 0.481 e. The average molecular weight is 286 g/mol. The molecule has 0 spiro atoms. The van der Waals surface area contributed by atoms with E-state index in [1.54, 1.807) is 20.1 Å². The molecule has 0 N–H and O–H groups in total. The first-order valence-electron chi connectivity index (χ1n) is 6.00. The minimum absolute atomic E-state index is 0.476. The fraction of sp³-hybridized carbons (Fsp3) is 0.636. The molecule has 0 amide bonds. The molecule has 1 aromatic heterocycles. The van der Waals surface area contributed by atoms with Gasteiger partial charge in [-0.1, -0.05) is 0 Å². The Morgan fingerprint density at radius 1 is 1.21 bits per heavy atom. The Kier molecular flexibility index (Phi) is 3.91. The highest BCUT2D eigenvalue weighted by Crippen LogP contribution is 2.19. The molecule has 1 aromatic rings. The molecule has 1 fully saturated rings. The topological polar surface area (TPSA) is 75.6 Å². The highest BCUT2D eigenvalue weighted by Gasteiger charge is 2.24. The number of aryl methyl sites for hydroxylation is 1. The Bertz CT molecular complexity index is 553. The van der Waals surface area contributed by atoms with Gasteiger partial charge in [0.1, 0.15) is 11.6 Å². The maximum Gasteiger partial charge on any atom is 0.218 e. The highest BCUT2D eigenvalue weighted by atomic mass is 32.2. The zero-order valence-corrected chi connectivity index (χ0v) is 12.1. The highest BCUT2D eigenvalue weighted by molar-refractivity contribution is 7.88. The van der Waals surface area contributed by atoms with Gasteiger partial charge < -0.3 is 9.64 Å². The number of ether oxygens (including phenoxy) is 1. The molecular weight excluding hydrogens is 268 g/mol. The Hall–Kier alpha value is -1.41. The van der Waals surface area contributed by atoms with Crippen molar-refractivity contribution >= 4 is 15.8 Å². The molecule has 1 aliphatic heterocycles. The van der Waals surface area contributed by atoms with Gasteiger partial charge in [-0.25, -0.2) is 13.4 Å². The summed E-state index contributed by atoms with van der Waals surface area (Å²) in [7, 11) is -1.54. The molecular formula is C11H18N4O3S. The minimum atomic E-state index is -3.10. The van der Waals surface area contributed by atoms with Crippen molar-refractivity contribution in [3.63, 3.8) is 0 Å². The van der Waals surface area contributed by atoms with Crippen molar-refractivity contribution in [2.45, 2.75) is 6.92 Å². The Morgan fingerprint density at radius 3 is 2.37 bits per heavy atom. The first-order chi connectivity index (χ1) is 8.90. The fourth-order valence-electron chi connectivity index (χ4n) is 2.04. The standard InChI is InChI=1S/C11H18N4O3S/c1-9-12-10(8-11(13-9)18-2)14-4-6-15(7-5-14)19(3,16)17/h8H,4-7H2,1-3H3. The number of piperazine rings is 1. The van der Waals surface area contributed by atoms with Gasteiger partial charge in [0.15, 0.2) is 0 Å². The van der Waals surface area contributed by atoms with Gasteiger partial charge in [0, 0.05) is 32.2 Å². The van der Waals surface area contributed by atoms with Crippen molar-refractivity contribution in [2.75, 3.05) is 44.4 Å². The van der Waals surface area contributed by atoms with Crippen molar-refractivity contribution in [3.05, 3.63) is 11.9 Å². The average Bonchev–Trinajstić information content (AvgIpc) is 2.37. The van der Waals surface area contributed by atoms with E-state index < -0.39 is 10.0 Å². The lowest BCUT2D eigenvalue weighted by atomic mass is 10.3. The summed E-state index contributed by atoms with van der Waals surface area (Å²) < 4.78 is 29.5. The summed E-state index contributed by atoms with van der Waals surface area (Å²) in [6.07, 6.45) is 1.24. The molecule has 7 nitrogen and oxygen atoms in total. The second-order valence-corrected chi connectivity index (χ2v) is 6.45. The summed E-state index contributed by atoms with van der Waals surface area (Å²) in [5, 5.41) is 0. The van der Waals surface area contributed by atoms with Crippen molar-refractivity contribution < 1.29 is 13.2 Å². The molecule has 0 unspecified atom stereocenters. The predicted octanol–water partition coefficient (Wildman–Crippen LogP) is -0.125. The SMILES string of the molecule is COc1cc(N2CCN(S(C)(=O)=O)CC2)nc(C)n1. The summed E-state index contributed by atoms with van der Waals surface area (Å²) >= 11 is 0. The first-order valence-corrected chi connectivity index (χ1v) is 7.85. The van der Waals surface area contributed by atoms with E-state index in [2.05, 4.69) is 9.97 Å². The van der Waals surface area contributed by atoms with E-state index in [1.165, 1.54) is 10.6 Å². The van der Waals surface area contributed by atoms with Gasteiger partial charge in [-0.05, 0) is 6.92 Å². The Morgan fingerprint density at radius 2 is 1.84 bits per heavy atom. The van der Waals surface area contributed by atoms with Crippen LogP contribution in [0.2, 0.25) is 0 Å². The van der Waals surface area contributed by atoms with Crippen LogP contribution in [0.15, 0.2) is 6.07 Å². The lowest BCUT2D eigenvalue weighted by molar-refractivity contribution is 0.382. The van der Waals surface area contributed by atoms with E-state index in [-0.39, 0.29) is 0 Å². The van der Waals surface area contributed by atoms with Crippen LogP contribution < -0.4 is 9.64 Å². The lowest BCUT2D eigenvalue weighted by Crippen LogP contribution is -2.48. The zero-order valence-electron chi connectivity index (χ0n) is 11.3. The monoisotopic (exact) mass is 286 g/mol. The van der Waals surface area contributed by atoms with Gasteiger partial charge >= 0.3 is 0 Å². The predicted molar refractivity (Wildman–Crippen MR) is 72.0 cm³/mol. The number of methoxy groups -OCH3 is 1. The van der Waals surface area contributed by atoms with Gasteiger partial charge in [-0.3, -0.25) is 0 Å². The molecule has 0 atom stereocenters. The van der Waals surface area contributed by atoms with Crippen LogP contribution in [0.1, 0.15) is 5.82 Å². The van der Waals surface area contributed by atoms with Gasteiger partial charge in [0.25, 0.3) is 0 Å².